The van der Waals surface area contributed by atoms with Gasteiger partial charge in [0.25, 0.3) is 17.5 Å². The number of rotatable bonds is 5. The number of hydrogen-bond donors (Lipinski definition) is 2. The van der Waals surface area contributed by atoms with Crippen molar-refractivity contribution in [2.24, 2.45) is 23.2 Å². The van der Waals surface area contributed by atoms with E-state index in [0.717, 1.165) is 43.4 Å². The molecule has 184 valence electrons. The van der Waals surface area contributed by atoms with Crippen LogP contribution in [0.15, 0.2) is 24.3 Å². The largest absolute Gasteiger partial charge is 0.440 e. The Labute approximate surface area is 196 Å². The molecule has 1 saturated heterocycles. The fourth-order valence-electron chi connectivity index (χ4n) is 7.68. The Morgan fingerprint density at radius 1 is 1.15 bits per heavy atom. The molecule has 2 atom stereocenters. The summed E-state index contributed by atoms with van der Waals surface area (Å²) in [6, 6.07) is 4.34. The summed E-state index contributed by atoms with van der Waals surface area (Å²) in [5, 5.41) is 3.70. The normalized spacial score (nSPS) is 35.4. The van der Waals surface area contributed by atoms with Gasteiger partial charge in [0, 0.05) is 11.6 Å². The van der Waals surface area contributed by atoms with Gasteiger partial charge in [0.2, 0.25) is 0 Å². The van der Waals surface area contributed by atoms with Crippen molar-refractivity contribution in [1.82, 2.24) is 15.5 Å². The highest BCUT2D eigenvalue weighted by atomic mass is 19.4. The van der Waals surface area contributed by atoms with Crippen LogP contribution in [0.2, 0.25) is 0 Å². The third kappa shape index (κ3) is 3.41. The highest BCUT2D eigenvalue weighted by Crippen LogP contribution is 2.62. The van der Waals surface area contributed by atoms with Gasteiger partial charge in [-0.2, -0.15) is 13.2 Å². The first-order valence-corrected chi connectivity index (χ1v) is 12.1. The molecule has 4 saturated carbocycles. The Morgan fingerprint density at radius 2 is 1.74 bits per heavy atom. The average Bonchev–Trinajstić information content (AvgIpc) is 2.98. The molecule has 4 amide bonds. The van der Waals surface area contributed by atoms with Crippen LogP contribution in [-0.2, 0) is 4.79 Å². The van der Waals surface area contributed by atoms with Gasteiger partial charge in [-0.3, -0.25) is 19.8 Å². The smallest absolute Gasteiger partial charge is 0.314 e. The summed E-state index contributed by atoms with van der Waals surface area (Å²) in [6.45, 7) is 3.53. The molecule has 1 aromatic rings. The number of nitrogens with one attached hydrogen (secondary N) is 2. The minimum Gasteiger partial charge on any atom is -0.314 e. The SMILES string of the molecule is CC[C@@H](N1C(=O)N[C@](NC(=O)c2cccc(C)c2)(C(F)(F)F)C1=O)C12CC3CC(CC(C3)C1)C2. The number of carbonyl (C=O) groups excluding carboxylic acids is 3. The van der Waals surface area contributed by atoms with E-state index in [0.29, 0.717) is 29.7 Å². The lowest BCUT2D eigenvalue weighted by Crippen LogP contribution is -2.70. The third-order valence-electron chi connectivity index (χ3n) is 8.55. The van der Waals surface area contributed by atoms with Crippen LogP contribution >= 0.6 is 0 Å². The van der Waals surface area contributed by atoms with E-state index in [1.165, 1.54) is 12.1 Å². The number of carbonyl (C=O) groups is 3. The van der Waals surface area contributed by atoms with Crippen molar-refractivity contribution in [3.05, 3.63) is 35.4 Å². The van der Waals surface area contributed by atoms with Gasteiger partial charge in [-0.15, -0.1) is 0 Å². The van der Waals surface area contributed by atoms with Gasteiger partial charge < -0.3 is 5.32 Å². The number of benzene rings is 1. The van der Waals surface area contributed by atoms with Crippen molar-refractivity contribution in [2.75, 3.05) is 0 Å². The number of hydrogen-bond acceptors (Lipinski definition) is 3. The molecular weight excluding hydrogens is 447 g/mol. The van der Waals surface area contributed by atoms with Gasteiger partial charge in [-0.1, -0.05) is 24.6 Å². The summed E-state index contributed by atoms with van der Waals surface area (Å²) in [6.07, 6.45) is 1.08. The molecule has 1 heterocycles. The van der Waals surface area contributed by atoms with Gasteiger partial charge >= 0.3 is 12.2 Å². The number of imide groups is 1. The molecule has 0 radical (unpaired) electrons. The maximum atomic E-state index is 14.4. The number of urea groups is 1. The highest BCUT2D eigenvalue weighted by molar-refractivity contribution is 6.10. The minimum absolute atomic E-state index is 0.0164. The van der Waals surface area contributed by atoms with Crippen LogP contribution in [-0.4, -0.2) is 40.6 Å². The first kappa shape index (κ1) is 23.2. The maximum absolute atomic E-state index is 14.4. The Morgan fingerprint density at radius 3 is 2.24 bits per heavy atom. The lowest BCUT2D eigenvalue weighted by atomic mass is 9.47. The maximum Gasteiger partial charge on any atom is 0.440 e. The molecule has 0 spiro atoms. The molecule has 34 heavy (non-hydrogen) atoms. The van der Waals surface area contributed by atoms with E-state index >= 15 is 0 Å². The zero-order chi connectivity index (χ0) is 24.5. The second-order valence-corrected chi connectivity index (χ2v) is 10.9. The van der Waals surface area contributed by atoms with Crippen molar-refractivity contribution in [3.8, 4) is 0 Å². The Balaban J connectivity index is 1.48. The molecule has 1 aromatic carbocycles. The van der Waals surface area contributed by atoms with Gasteiger partial charge in [-0.25, -0.2) is 4.79 Å². The molecule has 0 aromatic heterocycles. The molecule has 4 aliphatic carbocycles. The van der Waals surface area contributed by atoms with Crippen LogP contribution in [0.25, 0.3) is 0 Å². The molecule has 2 N–H and O–H groups in total. The van der Waals surface area contributed by atoms with Crippen molar-refractivity contribution >= 4 is 17.8 Å². The van der Waals surface area contributed by atoms with E-state index in [4.69, 9.17) is 0 Å². The van der Waals surface area contributed by atoms with Crippen LogP contribution in [0.5, 0.6) is 0 Å². The van der Waals surface area contributed by atoms with Crippen LogP contribution in [0, 0.1) is 30.1 Å². The van der Waals surface area contributed by atoms with E-state index in [1.807, 2.05) is 17.6 Å². The predicted molar refractivity (Wildman–Crippen MR) is 117 cm³/mol. The molecule has 1 aliphatic heterocycles. The zero-order valence-corrected chi connectivity index (χ0v) is 19.4. The highest BCUT2D eigenvalue weighted by Gasteiger charge is 2.71. The third-order valence-corrected chi connectivity index (χ3v) is 8.55. The number of alkyl halides is 3. The predicted octanol–water partition coefficient (Wildman–Crippen LogP) is 4.53. The van der Waals surface area contributed by atoms with Crippen molar-refractivity contribution in [1.29, 1.82) is 0 Å². The summed E-state index contributed by atoms with van der Waals surface area (Å²) < 4.78 is 43.3. The Hall–Kier alpha value is -2.58. The topological polar surface area (TPSA) is 78.5 Å². The minimum atomic E-state index is -5.21. The number of nitrogens with zero attached hydrogens (tertiary/aromatic N) is 1. The summed E-state index contributed by atoms with van der Waals surface area (Å²) >= 11 is 0. The zero-order valence-electron chi connectivity index (χ0n) is 19.4. The van der Waals surface area contributed by atoms with E-state index < -0.39 is 35.7 Å². The fourth-order valence-corrected chi connectivity index (χ4v) is 7.68. The summed E-state index contributed by atoms with van der Waals surface area (Å²) in [7, 11) is 0. The molecule has 4 bridgehead atoms. The van der Waals surface area contributed by atoms with E-state index in [2.05, 4.69) is 0 Å². The van der Waals surface area contributed by atoms with Crippen LogP contribution in [0.3, 0.4) is 0 Å². The van der Waals surface area contributed by atoms with Crippen LogP contribution in [0.1, 0.15) is 67.8 Å². The molecule has 5 aliphatic rings. The van der Waals surface area contributed by atoms with E-state index in [9.17, 15) is 27.6 Å². The lowest BCUT2D eigenvalue weighted by Gasteiger charge is -2.60. The van der Waals surface area contributed by atoms with Gasteiger partial charge in [0.15, 0.2) is 0 Å². The van der Waals surface area contributed by atoms with Crippen molar-refractivity contribution in [3.63, 3.8) is 0 Å². The Bertz CT molecular complexity index is 1000. The quantitative estimate of drug-likeness (QED) is 0.612. The molecule has 6 rings (SSSR count). The lowest BCUT2D eigenvalue weighted by molar-refractivity contribution is -0.202. The molecule has 0 unspecified atom stereocenters. The summed E-state index contributed by atoms with van der Waals surface area (Å²) in [5.74, 6) is -0.980. The van der Waals surface area contributed by atoms with Crippen LogP contribution < -0.4 is 10.6 Å². The Kier molecular flexibility index (Phi) is 5.26. The fraction of sp³-hybridized carbons (Fsp3) is 0.640. The van der Waals surface area contributed by atoms with Crippen molar-refractivity contribution in [2.45, 2.75) is 76.7 Å². The molecular formula is C25H30F3N3O3. The second-order valence-electron chi connectivity index (χ2n) is 10.9. The van der Waals surface area contributed by atoms with E-state index in [1.54, 1.807) is 19.1 Å². The van der Waals surface area contributed by atoms with Gasteiger partial charge in [0.05, 0.1) is 0 Å². The molecule has 9 heteroatoms. The molecule has 6 nitrogen and oxygen atoms in total. The number of halogens is 3. The van der Waals surface area contributed by atoms with E-state index in [-0.39, 0.29) is 11.0 Å². The van der Waals surface area contributed by atoms with Crippen molar-refractivity contribution < 1.29 is 27.6 Å². The van der Waals surface area contributed by atoms with Gasteiger partial charge in [0.1, 0.15) is 0 Å². The first-order chi connectivity index (χ1) is 16.0. The number of amides is 4. The number of aryl methyl sites for hydroxylation is 1. The average molecular weight is 478 g/mol. The molecule has 5 fully saturated rings. The standard InChI is InChI=1S/C25H30F3N3O3/c1-3-19(23-11-15-8-16(12-23)10-17(9-15)13-23)31-21(33)24(25(26,27)28,30-22(31)34)29-20(32)18-6-4-5-14(2)7-18/h4-7,15-17,19H,3,8-13H2,1-2H3,(H,29,32)(H,30,34)/t15?,16?,17?,19-,23?,24+/m1/s1. The first-order valence-electron chi connectivity index (χ1n) is 12.1. The summed E-state index contributed by atoms with van der Waals surface area (Å²) in [4.78, 5) is 40.2. The monoisotopic (exact) mass is 477 g/mol. The van der Waals surface area contributed by atoms with Gasteiger partial charge in [-0.05, 0) is 87.2 Å². The van der Waals surface area contributed by atoms with Crippen LogP contribution in [0.4, 0.5) is 18.0 Å². The second kappa shape index (κ2) is 7.71. The summed E-state index contributed by atoms with van der Waals surface area (Å²) in [5.41, 5.74) is -3.17.